The molecular formula is C30H49N7O8. The zero-order valence-electron chi connectivity index (χ0n) is 26.6. The van der Waals surface area contributed by atoms with Crippen LogP contribution < -0.4 is 38.3 Å². The Balaban J connectivity index is 2.88. The zero-order chi connectivity index (χ0) is 33.8. The lowest BCUT2D eigenvalue weighted by atomic mass is 10.0. The third-order valence-corrected chi connectivity index (χ3v) is 6.34. The summed E-state index contributed by atoms with van der Waals surface area (Å²) in [7, 11) is 0. The minimum Gasteiger partial charge on any atom is -0.445 e. The van der Waals surface area contributed by atoms with Gasteiger partial charge >= 0.3 is 12.2 Å². The normalized spacial score (nSPS) is 12.9. The van der Waals surface area contributed by atoms with Gasteiger partial charge in [-0.3, -0.25) is 24.6 Å². The first kappa shape index (κ1) is 38.6. The molecule has 252 valence electrons. The molecule has 9 N–H and O–H groups in total. The maximum atomic E-state index is 13.4. The quantitative estimate of drug-likeness (QED) is 0.0503. The lowest BCUT2D eigenvalue weighted by molar-refractivity contribution is -0.133. The van der Waals surface area contributed by atoms with E-state index in [0.29, 0.717) is 25.7 Å². The van der Waals surface area contributed by atoms with Crippen LogP contribution in [0.15, 0.2) is 30.3 Å². The summed E-state index contributed by atoms with van der Waals surface area (Å²) in [6.45, 7) is 7.29. The number of carbonyl (C=O) groups is 6. The lowest BCUT2D eigenvalue weighted by Gasteiger charge is -2.26. The number of primary amides is 1. The van der Waals surface area contributed by atoms with Crippen molar-refractivity contribution < 1.29 is 38.2 Å². The van der Waals surface area contributed by atoms with Crippen LogP contribution in [0.1, 0.15) is 84.6 Å². The Morgan fingerprint density at radius 1 is 0.778 bits per heavy atom. The molecule has 3 atom stereocenters. The number of unbranched alkanes of at least 4 members (excludes halogenated alkanes) is 2. The molecule has 0 aliphatic heterocycles. The number of hydrazine groups is 1. The first-order valence-corrected chi connectivity index (χ1v) is 15.1. The van der Waals surface area contributed by atoms with Gasteiger partial charge in [0.25, 0.3) is 5.91 Å². The van der Waals surface area contributed by atoms with Crippen molar-refractivity contribution in [2.24, 2.45) is 11.6 Å². The molecule has 0 bridgehead atoms. The van der Waals surface area contributed by atoms with Crippen molar-refractivity contribution in [1.82, 2.24) is 26.7 Å². The van der Waals surface area contributed by atoms with E-state index in [-0.39, 0.29) is 32.4 Å². The number of rotatable bonds is 19. The van der Waals surface area contributed by atoms with Crippen molar-refractivity contribution in [3.63, 3.8) is 0 Å². The second kappa shape index (κ2) is 20.5. The van der Waals surface area contributed by atoms with Crippen LogP contribution in [-0.2, 0) is 35.3 Å². The molecule has 0 saturated heterocycles. The summed E-state index contributed by atoms with van der Waals surface area (Å²) in [5.74, 6) is 2.53. The van der Waals surface area contributed by atoms with E-state index < -0.39 is 59.5 Å². The molecule has 0 spiro atoms. The number of benzene rings is 1. The molecule has 6 amide bonds. The molecule has 0 aromatic heterocycles. The van der Waals surface area contributed by atoms with Gasteiger partial charge in [0, 0.05) is 13.0 Å². The number of carbonyl (C=O) groups excluding carboxylic acids is 6. The van der Waals surface area contributed by atoms with Gasteiger partial charge in [0.15, 0.2) is 0 Å². The van der Waals surface area contributed by atoms with Crippen LogP contribution in [0.4, 0.5) is 9.59 Å². The fraction of sp³-hybridized carbons (Fsp3) is 0.600. The highest BCUT2D eigenvalue weighted by molar-refractivity contribution is 5.94. The van der Waals surface area contributed by atoms with Gasteiger partial charge in [0.05, 0.1) is 0 Å². The molecule has 0 fully saturated rings. The molecule has 15 heteroatoms. The summed E-state index contributed by atoms with van der Waals surface area (Å²) in [6, 6.07) is 5.87. The van der Waals surface area contributed by atoms with Crippen LogP contribution >= 0.6 is 0 Å². The van der Waals surface area contributed by atoms with Gasteiger partial charge in [0.2, 0.25) is 17.7 Å². The Hall–Kier alpha value is -4.40. The Morgan fingerprint density at radius 2 is 1.36 bits per heavy atom. The van der Waals surface area contributed by atoms with E-state index in [0.717, 1.165) is 12.0 Å². The third kappa shape index (κ3) is 17.5. The van der Waals surface area contributed by atoms with E-state index in [1.54, 1.807) is 20.8 Å². The van der Waals surface area contributed by atoms with Crippen molar-refractivity contribution in [3.8, 4) is 0 Å². The molecular weight excluding hydrogens is 586 g/mol. The number of hydrogen-bond donors (Lipinski definition) is 7. The fourth-order valence-electron chi connectivity index (χ4n) is 4.03. The standard InChI is InChI=1S/C30H49N7O8/c1-5-6-14-22(27(41)37-32)34-26(40)23(16-17-24(31)38)35-25(39)21(36-29(43)45-30(2,3)4)15-10-11-18-33-28(42)44-19-20-12-8-7-9-13-20/h7-9,12-13,21-23H,5-6,10-11,14-19,32H2,1-4H3,(H2,31,38)(H,33,42)(H,34,40)(H,35,39)(H,36,43)(H,37,41)/t21-,22-,23-/m0/s1. The highest BCUT2D eigenvalue weighted by Crippen LogP contribution is 2.10. The molecule has 1 aromatic rings. The summed E-state index contributed by atoms with van der Waals surface area (Å²) in [5, 5.41) is 10.3. The largest absolute Gasteiger partial charge is 0.445 e. The second-order valence-corrected chi connectivity index (χ2v) is 11.5. The molecule has 15 nitrogen and oxygen atoms in total. The smallest absolute Gasteiger partial charge is 0.408 e. The Kier molecular flexibility index (Phi) is 17.6. The molecule has 0 heterocycles. The van der Waals surface area contributed by atoms with Crippen molar-refractivity contribution in [2.75, 3.05) is 6.54 Å². The van der Waals surface area contributed by atoms with E-state index in [9.17, 15) is 28.8 Å². The van der Waals surface area contributed by atoms with Crippen LogP contribution in [-0.4, -0.2) is 66.1 Å². The first-order valence-electron chi connectivity index (χ1n) is 15.1. The number of hydrogen-bond acceptors (Lipinski definition) is 9. The molecule has 0 aliphatic rings. The van der Waals surface area contributed by atoms with E-state index in [1.165, 1.54) is 0 Å². The molecule has 0 radical (unpaired) electrons. The highest BCUT2D eigenvalue weighted by atomic mass is 16.6. The van der Waals surface area contributed by atoms with Crippen molar-refractivity contribution >= 4 is 35.8 Å². The van der Waals surface area contributed by atoms with Gasteiger partial charge in [0.1, 0.15) is 30.3 Å². The maximum Gasteiger partial charge on any atom is 0.408 e. The first-order chi connectivity index (χ1) is 21.2. The van der Waals surface area contributed by atoms with Crippen LogP contribution in [0.2, 0.25) is 0 Å². The van der Waals surface area contributed by atoms with Crippen LogP contribution in [0, 0.1) is 0 Å². The Labute approximate surface area is 264 Å². The Morgan fingerprint density at radius 3 is 1.91 bits per heavy atom. The van der Waals surface area contributed by atoms with Crippen LogP contribution in [0.5, 0.6) is 0 Å². The van der Waals surface area contributed by atoms with Crippen molar-refractivity contribution in [3.05, 3.63) is 35.9 Å². The molecule has 0 aliphatic carbocycles. The van der Waals surface area contributed by atoms with Gasteiger partial charge in [-0.15, -0.1) is 0 Å². The second-order valence-electron chi connectivity index (χ2n) is 11.5. The van der Waals surface area contributed by atoms with Crippen molar-refractivity contribution in [1.29, 1.82) is 0 Å². The predicted octanol–water partition coefficient (Wildman–Crippen LogP) is 1.39. The van der Waals surface area contributed by atoms with Crippen LogP contribution in [0.25, 0.3) is 0 Å². The van der Waals surface area contributed by atoms with Gasteiger partial charge in [-0.25, -0.2) is 15.4 Å². The van der Waals surface area contributed by atoms with Gasteiger partial charge in [-0.1, -0.05) is 50.1 Å². The molecule has 0 saturated carbocycles. The highest BCUT2D eigenvalue weighted by Gasteiger charge is 2.30. The SMILES string of the molecule is CCCC[C@H](NC(=O)[C@H](CCC(N)=O)NC(=O)[C@H](CCCCNC(=O)OCc1ccccc1)NC(=O)OC(C)(C)C)C(=O)NN. The minimum absolute atomic E-state index is 0.121. The number of alkyl carbamates (subject to hydrolysis) is 2. The maximum absolute atomic E-state index is 13.4. The molecule has 1 rings (SSSR count). The Bertz CT molecular complexity index is 1110. The zero-order valence-corrected chi connectivity index (χ0v) is 26.6. The van der Waals surface area contributed by atoms with E-state index in [2.05, 4.69) is 21.3 Å². The number of nitrogens with one attached hydrogen (secondary N) is 5. The number of amides is 6. The molecule has 45 heavy (non-hydrogen) atoms. The molecule has 0 unspecified atom stereocenters. The number of nitrogens with two attached hydrogens (primary N) is 2. The predicted molar refractivity (Wildman–Crippen MR) is 166 cm³/mol. The summed E-state index contributed by atoms with van der Waals surface area (Å²) >= 11 is 0. The van der Waals surface area contributed by atoms with Crippen LogP contribution in [0.3, 0.4) is 0 Å². The lowest BCUT2D eigenvalue weighted by Crippen LogP contribution is -2.57. The summed E-state index contributed by atoms with van der Waals surface area (Å²) < 4.78 is 10.5. The topological polar surface area (TPSA) is 233 Å². The van der Waals surface area contributed by atoms with Gasteiger partial charge < -0.3 is 36.5 Å². The van der Waals surface area contributed by atoms with E-state index in [4.69, 9.17) is 21.1 Å². The van der Waals surface area contributed by atoms with Gasteiger partial charge in [-0.05, 0) is 58.4 Å². The fourth-order valence-corrected chi connectivity index (χ4v) is 4.03. The summed E-state index contributed by atoms with van der Waals surface area (Å²) in [4.78, 5) is 74.8. The average molecular weight is 636 g/mol. The summed E-state index contributed by atoms with van der Waals surface area (Å²) in [5.41, 5.74) is 7.30. The monoisotopic (exact) mass is 635 g/mol. The molecule has 1 aromatic carbocycles. The summed E-state index contributed by atoms with van der Waals surface area (Å²) in [6.07, 6.45) is 0.838. The van der Waals surface area contributed by atoms with E-state index >= 15 is 0 Å². The minimum atomic E-state index is -1.25. The third-order valence-electron chi connectivity index (χ3n) is 6.34. The van der Waals surface area contributed by atoms with Gasteiger partial charge in [-0.2, -0.15) is 0 Å². The van der Waals surface area contributed by atoms with Crippen molar-refractivity contribution in [2.45, 2.75) is 109 Å². The number of ether oxygens (including phenoxy) is 2. The average Bonchev–Trinajstić information content (AvgIpc) is 2.98. The van der Waals surface area contributed by atoms with E-state index in [1.807, 2.05) is 42.7 Å².